The molecule has 2 aromatic carbocycles. The first-order valence-corrected chi connectivity index (χ1v) is 10.7. The molecule has 0 spiro atoms. The summed E-state index contributed by atoms with van der Waals surface area (Å²) >= 11 is 5.90. The zero-order valence-electron chi connectivity index (χ0n) is 14.6. The van der Waals surface area contributed by atoms with Crippen LogP contribution in [-0.2, 0) is 20.0 Å². The van der Waals surface area contributed by atoms with Gasteiger partial charge < -0.3 is 4.74 Å². The number of ether oxygens (including phenoxy) is 1. The molecule has 1 N–H and O–H groups in total. The van der Waals surface area contributed by atoms with Crippen molar-refractivity contribution in [3.05, 3.63) is 47.0 Å². The number of sulfonamides is 2. The lowest BCUT2D eigenvalue weighted by atomic mass is 10.2. The van der Waals surface area contributed by atoms with Crippen molar-refractivity contribution >= 4 is 37.3 Å². The number of anilines is 1. The molecule has 0 aliphatic rings. The third-order valence-electron chi connectivity index (χ3n) is 3.65. The maximum absolute atomic E-state index is 12.8. The van der Waals surface area contributed by atoms with Crippen LogP contribution in [0.4, 0.5) is 5.69 Å². The topological polar surface area (TPSA) is 92.8 Å². The maximum Gasteiger partial charge on any atom is 0.265 e. The maximum atomic E-state index is 12.8. The first-order valence-electron chi connectivity index (χ1n) is 7.38. The van der Waals surface area contributed by atoms with Gasteiger partial charge in [-0.1, -0.05) is 17.7 Å². The van der Waals surface area contributed by atoms with Crippen molar-refractivity contribution in [1.29, 1.82) is 0 Å². The highest BCUT2D eigenvalue weighted by atomic mass is 35.5. The van der Waals surface area contributed by atoms with Gasteiger partial charge in [-0.25, -0.2) is 21.1 Å². The lowest BCUT2D eigenvalue weighted by molar-refractivity contribution is 0.403. The van der Waals surface area contributed by atoms with E-state index in [2.05, 4.69) is 4.72 Å². The normalized spacial score (nSPS) is 12.2. The highest BCUT2D eigenvalue weighted by Crippen LogP contribution is 2.30. The predicted octanol–water partition coefficient (Wildman–Crippen LogP) is 2.71. The average molecular weight is 419 g/mol. The number of hydrogen-bond acceptors (Lipinski definition) is 5. The van der Waals surface area contributed by atoms with Crippen molar-refractivity contribution in [3.63, 3.8) is 0 Å². The van der Waals surface area contributed by atoms with Crippen molar-refractivity contribution in [2.45, 2.75) is 16.7 Å². The molecule has 10 heteroatoms. The third kappa shape index (κ3) is 4.12. The van der Waals surface area contributed by atoms with Gasteiger partial charge in [-0.15, -0.1) is 0 Å². The molecular weight excluding hydrogens is 400 g/mol. The van der Waals surface area contributed by atoms with Gasteiger partial charge >= 0.3 is 0 Å². The Balaban J connectivity index is 2.53. The van der Waals surface area contributed by atoms with Crippen molar-refractivity contribution in [3.8, 4) is 5.75 Å². The molecule has 7 nitrogen and oxygen atoms in total. The highest BCUT2D eigenvalue weighted by molar-refractivity contribution is 7.92. The summed E-state index contributed by atoms with van der Waals surface area (Å²) < 4.78 is 58.7. The number of benzene rings is 2. The zero-order chi connectivity index (χ0) is 19.7. The standard InChI is InChI=1S/C16H19ClN2O5S2/c1-11-5-7-13(26(22,23)19(2)3)10-14(11)18-25(20,21)16-9-12(17)6-8-15(16)24-4/h5-10,18H,1-4H3. The Morgan fingerprint density at radius 1 is 1.04 bits per heavy atom. The van der Waals surface area contributed by atoms with Gasteiger partial charge in [0.2, 0.25) is 10.0 Å². The summed E-state index contributed by atoms with van der Waals surface area (Å²) in [5, 5.41) is 0.229. The second-order valence-electron chi connectivity index (χ2n) is 5.66. The second kappa shape index (κ2) is 7.43. The van der Waals surface area contributed by atoms with Gasteiger partial charge in [-0.05, 0) is 42.8 Å². The molecule has 0 saturated heterocycles. The Kier molecular flexibility index (Phi) is 5.86. The van der Waals surface area contributed by atoms with E-state index in [4.69, 9.17) is 16.3 Å². The molecule has 0 bridgehead atoms. The quantitative estimate of drug-likeness (QED) is 0.778. The predicted molar refractivity (Wildman–Crippen MR) is 101 cm³/mol. The molecule has 0 aliphatic carbocycles. The van der Waals surface area contributed by atoms with Crippen LogP contribution in [0.3, 0.4) is 0 Å². The summed E-state index contributed by atoms with van der Waals surface area (Å²) in [6.07, 6.45) is 0. The SMILES string of the molecule is COc1ccc(Cl)cc1S(=O)(=O)Nc1cc(S(=O)(=O)N(C)C)ccc1C. The van der Waals surface area contributed by atoms with Crippen LogP contribution in [-0.4, -0.2) is 42.3 Å². The third-order valence-corrected chi connectivity index (χ3v) is 7.08. The molecule has 0 aliphatic heterocycles. The summed E-state index contributed by atoms with van der Waals surface area (Å²) in [7, 11) is -3.61. The molecule has 0 heterocycles. The van der Waals surface area contributed by atoms with Gasteiger partial charge in [-0.2, -0.15) is 0 Å². The number of nitrogens with one attached hydrogen (secondary N) is 1. The van der Waals surface area contributed by atoms with Crippen LogP contribution in [0.5, 0.6) is 5.75 Å². The largest absolute Gasteiger partial charge is 0.495 e. The van der Waals surface area contributed by atoms with E-state index in [1.807, 2.05) is 0 Å². The van der Waals surface area contributed by atoms with Crippen molar-refractivity contribution in [2.24, 2.45) is 0 Å². The fourth-order valence-corrected chi connectivity index (χ4v) is 4.63. The number of aryl methyl sites for hydroxylation is 1. The molecular formula is C16H19ClN2O5S2. The fraction of sp³-hybridized carbons (Fsp3) is 0.250. The molecule has 0 fully saturated rings. The number of methoxy groups -OCH3 is 1. The molecule has 2 rings (SSSR count). The molecule has 0 radical (unpaired) electrons. The van der Waals surface area contributed by atoms with Crippen LogP contribution in [0.15, 0.2) is 46.2 Å². The van der Waals surface area contributed by atoms with E-state index in [0.717, 1.165) is 4.31 Å². The molecule has 0 aromatic heterocycles. The van der Waals surface area contributed by atoms with Crippen LogP contribution in [0.1, 0.15) is 5.56 Å². The molecule has 0 atom stereocenters. The first kappa shape index (κ1) is 20.5. The van der Waals surface area contributed by atoms with E-state index >= 15 is 0 Å². The van der Waals surface area contributed by atoms with Crippen LogP contribution in [0.2, 0.25) is 5.02 Å². The summed E-state index contributed by atoms with van der Waals surface area (Å²) in [6, 6.07) is 8.44. The van der Waals surface area contributed by atoms with Crippen LogP contribution in [0.25, 0.3) is 0 Å². The first-order chi connectivity index (χ1) is 12.0. The van der Waals surface area contributed by atoms with Gasteiger partial charge in [-0.3, -0.25) is 4.72 Å². The molecule has 26 heavy (non-hydrogen) atoms. The second-order valence-corrected chi connectivity index (χ2v) is 9.90. The molecule has 0 amide bonds. The Bertz CT molecular complexity index is 1030. The molecule has 142 valence electrons. The number of nitrogens with zero attached hydrogens (tertiary/aromatic N) is 1. The van der Waals surface area contributed by atoms with Gasteiger partial charge in [0.25, 0.3) is 10.0 Å². The Hall–Kier alpha value is -1.81. The minimum atomic E-state index is -4.05. The monoisotopic (exact) mass is 418 g/mol. The fourth-order valence-electron chi connectivity index (χ4n) is 2.14. The minimum Gasteiger partial charge on any atom is -0.495 e. The van der Waals surface area contributed by atoms with Gasteiger partial charge in [0.05, 0.1) is 17.7 Å². The molecule has 2 aromatic rings. The van der Waals surface area contributed by atoms with Crippen molar-refractivity contribution in [1.82, 2.24) is 4.31 Å². The molecule has 0 unspecified atom stereocenters. The highest BCUT2D eigenvalue weighted by Gasteiger charge is 2.23. The zero-order valence-corrected chi connectivity index (χ0v) is 17.0. The van der Waals surface area contributed by atoms with Crippen molar-refractivity contribution in [2.75, 3.05) is 25.9 Å². The molecule has 0 saturated carbocycles. The Labute approximate surface area is 158 Å². The lowest BCUT2D eigenvalue weighted by Crippen LogP contribution is -2.22. The minimum absolute atomic E-state index is 0.0242. The van der Waals surface area contributed by atoms with E-state index in [1.165, 1.54) is 57.6 Å². The smallest absolute Gasteiger partial charge is 0.265 e. The number of rotatable bonds is 6. The Morgan fingerprint density at radius 2 is 1.69 bits per heavy atom. The van der Waals surface area contributed by atoms with E-state index < -0.39 is 20.0 Å². The average Bonchev–Trinajstić information content (AvgIpc) is 2.56. The van der Waals surface area contributed by atoms with Crippen LogP contribution < -0.4 is 9.46 Å². The van der Waals surface area contributed by atoms with E-state index in [9.17, 15) is 16.8 Å². The van der Waals surface area contributed by atoms with Gasteiger partial charge in [0.1, 0.15) is 10.6 Å². The van der Waals surface area contributed by atoms with Gasteiger partial charge in [0.15, 0.2) is 0 Å². The van der Waals surface area contributed by atoms with E-state index in [-0.39, 0.29) is 26.3 Å². The number of hydrogen-bond donors (Lipinski definition) is 1. The van der Waals surface area contributed by atoms with Crippen LogP contribution in [0, 0.1) is 6.92 Å². The number of halogens is 1. The Morgan fingerprint density at radius 3 is 2.27 bits per heavy atom. The summed E-state index contributed by atoms with van der Waals surface area (Å²) in [6.45, 7) is 1.67. The summed E-state index contributed by atoms with van der Waals surface area (Å²) in [5.74, 6) is 0.122. The summed E-state index contributed by atoms with van der Waals surface area (Å²) in [4.78, 5) is -0.170. The van der Waals surface area contributed by atoms with Crippen LogP contribution >= 0.6 is 11.6 Å². The van der Waals surface area contributed by atoms with Crippen molar-refractivity contribution < 1.29 is 21.6 Å². The van der Waals surface area contributed by atoms with E-state index in [1.54, 1.807) is 6.92 Å². The van der Waals surface area contributed by atoms with Gasteiger partial charge in [0, 0.05) is 19.1 Å². The van der Waals surface area contributed by atoms with E-state index in [0.29, 0.717) is 5.56 Å². The summed E-state index contributed by atoms with van der Waals surface area (Å²) in [5.41, 5.74) is 0.710. The lowest BCUT2D eigenvalue weighted by Gasteiger charge is -2.16.